The summed E-state index contributed by atoms with van der Waals surface area (Å²) in [6, 6.07) is 0.319. The molecule has 0 unspecified atom stereocenters. The van der Waals surface area contributed by atoms with Crippen molar-refractivity contribution in [1.29, 1.82) is 0 Å². The van der Waals surface area contributed by atoms with Crippen molar-refractivity contribution in [3.05, 3.63) is 17.0 Å². The Labute approximate surface area is 90.6 Å². The monoisotopic (exact) mass is 209 g/mol. The largest absolute Gasteiger partial charge is 0.378 e. The molecule has 0 spiro atoms. The lowest BCUT2D eigenvalue weighted by Gasteiger charge is -2.24. The van der Waals surface area contributed by atoms with Gasteiger partial charge in [-0.2, -0.15) is 5.10 Å². The van der Waals surface area contributed by atoms with Crippen LogP contribution >= 0.6 is 0 Å². The minimum absolute atomic E-state index is 0.319. The van der Waals surface area contributed by atoms with Gasteiger partial charge < -0.3 is 10.1 Å². The molecule has 0 amide bonds. The predicted molar refractivity (Wildman–Crippen MR) is 58.9 cm³/mol. The van der Waals surface area contributed by atoms with Gasteiger partial charge in [0.1, 0.15) is 0 Å². The number of aryl methyl sites for hydroxylation is 2. The maximum atomic E-state index is 5.49. The number of hydrogen-bond acceptors (Lipinski definition) is 3. The molecule has 4 nitrogen and oxygen atoms in total. The third kappa shape index (κ3) is 1.92. The summed E-state index contributed by atoms with van der Waals surface area (Å²) in [5.41, 5.74) is 3.70. The van der Waals surface area contributed by atoms with E-state index in [9.17, 15) is 0 Å². The average Bonchev–Trinajstić information content (AvgIpc) is 2.55. The quantitative estimate of drug-likeness (QED) is 0.795. The summed E-state index contributed by atoms with van der Waals surface area (Å²) in [6.07, 6.45) is 0. The minimum Gasteiger partial charge on any atom is -0.378 e. The van der Waals surface area contributed by atoms with E-state index < -0.39 is 0 Å². The van der Waals surface area contributed by atoms with Crippen LogP contribution in [0.15, 0.2) is 0 Å². The Morgan fingerprint density at radius 1 is 1.53 bits per heavy atom. The number of rotatable bonds is 2. The van der Waals surface area contributed by atoms with Crippen molar-refractivity contribution in [2.24, 2.45) is 0 Å². The van der Waals surface area contributed by atoms with E-state index in [0.29, 0.717) is 6.04 Å². The van der Waals surface area contributed by atoms with Crippen molar-refractivity contribution in [2.75, 3.05) is 19.8 Å². The van der Waals surface area contributed by atoms with E-state index in [1.54, 1.807) is 0 Å². The molecule has 15 heavy (non-hydrogen) atoms. The van der Waals surface area contributed by atoms with Gasteiger partial charge in [-0.3, -0.25) is 4.68 Å². The van der Waals surface area contributed by atoms with E-state index in [2.05, 4.69) is 35.9 Å². The molecule has 84 valence electrons. The molecule has 0 bridgehead atoms. The van der Waals surface area contributed by atoms with Crippen LogP contribution in [0.25, 0.3) is 0 Å². The molecular weight excluding hydrogens is 190 g/mol. The van der Waals surface area contributed by atoms with Gasteiger partial charge in [-0.25, -0.2) is 0 Å². The molecule has 2 rings (SSSR count). The van der Waals surface area contributed by atoms with Gasteiger partial charge in [0.05, 0.1) is 24.9 Å². The Hall–Kier alpha value is -0.870. The number of aromatic nitrogens is 2. The van der Waals surface area contributed by atoms with Crippen LogP contribution in [0.4, 0.5) is 0 Å². The minimum atomic E-state index is 0.319. The number of nitrogens with one attached hydrogen (secondary N) is 1. The van der Waals surface area contributed by atoms with Crippen LogP contribution in [0.3, 0.4) is 0 Å². The first-order valence-electron chi connectivity index (χ1n) is 5.59. The Kier molecular flexibility index (Phi) is 3.07. The molecule has 1 atom stereocenters. The number of nitrogens with zero attached hydrogens (tertiary/aromatic N) is 2. The average molecular weight is 209 g/mol. The first-order chi connectivity index (χ1) is 7.24. The van der Waals surface area contributed by atoms with Gasteiger partial charge in [0, 0.05) is 24.3 Å². The predicted octanol–water partition coefficient (Wildman–Crippen LogP) is 1.18. The zero-order chi connectivity index (χ0) is 10.8. The molecule has 0 aliphatic carbocycles. The highest BCUT2D eigenvalue weighted by Crippen LogP contribution is 2.23. The van der Waals surface area contributed by atoms with Crippen molar-refractivity contribution < 1.29 is 4.74 Å². The summed E-state index contributed by atoms with van der Waals surface area (Å²) in [5, 5.41) is 8.00. The maximum absolute atomic E-state index is 5.49. The standard InChI is InChI=1S/C11H19N3O/c1-4-14-9(3)11(8(2)13-14)10-7-15-6-5-12-10/h10,12H,4-7H2,1-3H3/t10-/m1/s1. The molecule has 1 aromatic rings. The second-order valence-corrected chi connectivity index (χ2v) is 3.98. The molecule has 4 heteroatoms. The zero-order valence-electron chi connectivity index (χ0n) is 9.71. The lowest BCUT2D eigenvalue weighted by molar-refractivity contribution is 0.0764. The maximum Gasteiger partial charge on any atom is 0.0663 e. The Morgan fingerprint density at radius 2 is 2.33 bits per heavy atom. The molecule has 1 saturated heterocycles. The summed E-state index contributed by atoms with van der Waals surface area (Å²) >= 11 is 0. The second kappa shape index (κ2) is 4.33. The zero-order valence-corrected chi connectivity index (χ0v) is 9.71. The van der Waals surface area contributed by atoms with Crippen LogP contribution in [0.2, 0.25) is 0 Å². The summed E-state index contributed by atoms with van der Waals surface area (Å²) < 4.78 is 7.55. The number of morpholine rings is 1. The van der Waals surface area contributed by atoms with E-state index >= 15 is 0 Å². The fourth-order valence-electron chi connectivity index (χ4n) is 2.27. The molecule has 1 aliphatic rings. The first kappa shape index (κ1) is 10.6. The molecule has 1 N–H and O–H groups in total. The Balaban J connectivity index is 2.29. The molecule has 2 heterocycles. The molecule has 1 aromatic heterocycles. The highest BCUT2D eigenvalue weighted by molar-refractivity contribution is 5.28. The number of hydrogen-bond donors (Lipinski definition) is 1. The lowest BCUT2D eigenvalue weighted by atomic mass is 10.0. The normalized spacial score (nSPS) is 21.9. The van der Waals surface area contributed by atoms with E-state index in [-0.39, 0.29) is 0 Å². The van der Waals surface area contributed by atoms with Gasteiger partial charge in [0.25, 0.3) is 0 Å². The van der Waals surface area contributed by atoms with Gasteiger partial charge in [-0.1, -0.05) is 0 Å². The SMILES string of the molecule is CCn1nc(C)c([C@H]2COCCN2)c1C. The van der Waals surface area contributed by atoms with E-state index in [4.69, 9.17) is 4.74 Å². The van der Waals surface area contributed by atoms with Crippen LogP contribution in [0.5, 0.6) is 0 Å². The number of ether oxygens (including phenoxy) is 1. The van der Waals surface area contributed by atoms with Crippen LogP contribution < -0.4 is 5.32 Å². The second-order valence-electron chi connectivity index (χ2n) is 3.98. The van der Waals surface area contributed by atoms with E-state index in [0.717, 1.165) is 32.0 Å². The van der Waals surface area contributed by atoms with Gasteiger partial charge in [0.15, 0.2) is 0 Å². The van der Waals surface area contributed by atoms with Crippen LogP contribution in [0, 0.1) is 13.8 Å². The summed E-state index contributed by atoms with van der Waals surface area (Å²) in [6.45, 7) is 9.77. The smallest absolute Gasteiger partial charge is 0.0663 e. The van der Waals surface area contributed by atoms with Gasteiger partial charge in [-0.15, -0.1) is 0 Å². The van der Waals surface area contributed by atoms with Crippen LogP contribution in [-0.4, -0.2) is 29.5 Å². The fourth-order valence-corrected chi connectivity index (χ4v) is 2.27. The van der Waals surface area contributed by atoms with Gasteiger partial charge >= 0.3 is 0 Å². The van der Waals surface area contributed by atoms with Crippen LogP contribution in [-0.2, 0) is 11.3 Å². The Morgan fingerprint density at radius 3 is 2.87 bits per heavy atom. The van der Waals surface area contributed by atoms with Crippen molar-refractivity contribution in [1.82, 2.24) is 15.1 Å². The van der Waals surface area contributed by atoms with Crippen LogP contribution in [0.1, 0.15) is 29.9 Å². The van der Waals surface area contributed by atoms with Crippen molar-refractivity contribution in [3.63, 3.8) is 0 Å². The van der Waals surface area contributed by atoms with Gasteiger partial charge in [-0.05, 0) is 20.8 Å². The molecule has 0 aromatic carbocycles. The van der Waals surface area contributed by atoms with Crippen molar-refractivity contribution in [3.8, 4) is 0 Å². The molecule has 0 radical (unpaired) electrons. The molecular formula is C11H19N3O. The topological polar surface area (TPSA) is 39.1 Å². The lowest BCUT2D eigenvalue weighted by Crippen LogP contribution is -2.35. The highest BCUT2D eigenvalue weighted by atomic mass is 16.5. The first-order valence-corrected chi connectivity index (χ1v) is 5.59. The summed E-state index contributed by atoms with van der Waals surface area (Å²) in [5.74, 6) is 0. The molecule has 0 saturated carbocycles. The Bertz CT molecular complexity index is 340. The summed E-state index contributed by atoms with van der Waals surface area (Å²) in [4.78, 5) is 0. The summed E-state index contributed by atoms with van der Waals surface area (Å²) in [7, 11) is 0. The van der Waals surface area contributed by atoms with Gasteiger partial charge in [0.2, 0.25) is 0 Å². The fraction of sp³-hybridized carbons (Fsp3) is 0.727. The van der Waals surface area contributed by atoms with Crippen molar-refractivity contribution >= 4 is 0 Å². The molecule has 1 aliphatic heterocycles. The molecule has 1 fully saturated rings. The van der Waals surface area contributed by atoms with E-state index in [1.165, 1.54) is 11.3 Å². The highest BCUT2D eigenvalue weighted by Gasteiger charge is 2.22. The third-order valence-corrected chi connectivity index (χ3v) is 3.01. The van der Waals surface area contributed by atoms with E-state index in [1.807, 2.05) is 0 Å². The third-order valence-electron chi connectivity index (χ3n) is 3.01. The van der Waals surface area contributed by atoms with Crippen molar-refractivity contribution in [2.45, 2.75) is 33.4 Å².